The number of hydrogen-bond acceptors (Lipinski definition) is 3. The lowest BCUT2D eigenvalue weighted by Gasteiger charge is -2.12. The van der Waals surface area contributed by atoms with Crippen LogP contribution in [0.4, 0.5) is 0 Å². The number of benzene rings is 1. The van der Waals surface area contributed by atoms with Gasteiger partial charge in [-0.1, -0.05) is 18.2 Å². The van der Waals surface area contributed by atoms with E-state index in [1.165, 1.54) is 0 Å². The van der Waals surface area contributed by atoms with Gasteiger partial charge in [-0.05, 0) is 48.7 Å². The summed E-state index contributed by atoms with van der Waals surface area (Å²) < 4.78 is 0. The Morgan fingerprint density at radius 2 is 1.83 bits per heavy atom. The standard InChI is InChI=1S/C19H19N3O/c1-13-16-5-3-4-6-18(16)22-14(2)17(13)11-19(23)21-12-15-7-9-20-10-8-15/h3-10H,11-12H2,1-2H3,(H,21,23). The second-order valence-corrected chi connectivity index (χ2v) is 5.63. The minimum atomic E-state index is 0.00472. The van der Waals surface area contributed by atoms with Crippen LogP contribution in [0.15, 0.2) is 48.8 Å². The topological polar surface area (TPSA) is 54.9 Å². The van der Waals surface area contributed by atoms with Crippen LogP contribution in [0.1, 0.15) is 22.4 Å². The van der Waals surface area contributed by atoms with Crippen molar-refractivity contribution in [3.63, 3.8) is 0 Å². The van der Waals surface area contributed by atoms with Crippen molar-refractivity contribution < 1.29 is 4.79 Å². The summed E-state index contributed by atoms with van der Waals surface area (Å²) in [5.74, 6) is 0.00472. The van der Waals surface area contributed by atoms with Gasteiger partial charge in [0.15, 0.2) is 0 Å². The van der Waals surface area contributed by atoms with Gasteiger partial charge in [-0.25, -0.2) is 0 Å². The van der Waals surface area contributed by atoms with Gasteiger partial charge in [-0.15, -0.1) is 0 Å². The molecule has 1 N–H and O–H groups in total. The Morgan fingerprint density at radius 3 is 2.61 bits per heavy atom. The number of pyridine rings is 2. The highest BCUT2D eigenvalue weighted by molar-refractivity contribution is 5.86. The molecule has 0 atom stereocenters. The molecule has 1 amide bonds. The van der Waals surface area contributed by atoms with Gasteiger partial charge < -0.3 is 5.32 Å². The zero-order valence-corrected chi connectivity index (χ0v) is 13.3. The van der Waals surface area contributed by atoms with E-state index >= 15 is 0 Å². The number of aromatic nitrogens is 2. The SMILES string of the molecule is Cc1nc2ccccc2c(C)c1CC(=O)NCc1ccncc1. The van der Waals surface area contributed by atoms with E-state index in [4.69, 9.17) is 0 Å². The van der Waals surface area contributed by atoms with Crippen LogP contribution in [0.5, 0.6) is 0 Å². The summed E-state index contributed by atoms with van der Waals surface area (Å²) in [7, 11) is 0. The van der Waals surface area contributed by atoms with Crippen LogP contribution in [0.25, 0.3) is 10.9 Å². The Labute approximate surface area is 135 Å². The Bertz CT molecular complexity index is 844. The molecule has 0 radical (unpaired) electrons. The van der Waals surface area contributed by atoms with Crippen LogP contribution in [0.3, 0.4) is 0 Å². The molecule has 0 bridgehead atoms. The quantitative estimate of drug-likeness (QED) is 0.806. The second kappa shape index (κ2) is 6.57. The number of hydrogen-bond donors (Lipinski definition) is 1. The third kappa shape index (κ3) is 3.37. The van der Waals surface area contributed by atoms with Crippen molar-refractivity contribution in [2.75, 3.05) is 0 Å². The van der Waals surface area contributed by atoms with Gasteiger partial charge in [0.1, 0.15) is 0 Å². The van der Waals surface area contributed by atoms with E-state index in [1.807, 2.05) is 37.3 Å². The number of rotatable bonds is 4. The minimum Gasteiger partial charge on any atom is -0.352 e. The highest BCUT2D eigenvalue weighted by Gasteiger charge is 2.12. The van der Waals surface area contributed by atoms with E-state index in [-0.39, 0.29) is 5.91 Å². The number of carbonyl (C=O) groups excluding carboxylic acids is 1. The van der Waals surface area contributed by atoms with Crippen LogP contribution in [0, 0.1) is 13.8 Å². The first-order valence-electron chi connectivity index (χ1n) is 7.65. The monoisotopic (exact) mass is 305 g/mol. The van der Waals surface area contributed by atoms with E-state index in [9.17, 15) is 4.79 Å². The Hall–Kier alpha value is -2.75. The molecule has 2 aromatic heterocycles. The molecular formula is C19H19N3O. The van der Waals surface area contributed by atoms with E-state index in [2.05, 4.69) is 28.3 Å². The molecule has 0 aliphatic rings. The Balaban J connectivity index is 1.77. The summed E-state index contributed by atoms with van der Waals surface area (Å²) in [5.41, 5.74) is 5.07. The first kappa shape index (κ1) is 15.2. The van der Waals surface area contributed by atoms with Crippen molar-refractivity contribution in [3.8, 4) is 0 Å². The number of carbonyl (C=O) groups is 1. The van der Waals surface area contributed by atoms with Crippen LogP contribution < -0.4 is 5.32 Å². The molecule has 2 heterocycles. The molecule has 0 spiro atoms. The summed E-state index contributed by atoms with van der Waals surface area (Å²) >= 11 is 0. The molecule has 3 rings (SSSR count). The maximum absolute atomic E-state index is 12.3. The maximum atomic E-state index is 12.3. The fourth-order valence-corrected chi connectivity index (χ4v) is 2.76. The molecule has 0 aliphatic carbocycles. The molecule has 4 heteroatoms. The Kier molecular flexibility index (Phi) is 4.33. The normalized spacial score (nSPS) is 10.7. The number of aryl methyl sites for hydroxylation is 2. The van der Waals surface area contributed by atoms with Crippen molar-refractivity contribution in [1.29, 1.82) is 0 Å². The van der Waals surface area contributed by atoms with Crippen LogP contribution >= 0.6 is 0 Å². The largest absolute Gasteiger partial charge is 0.352 e. The first-order valence-corrected chi connectivity index (χ1v) is 7.65. The highest BCUT2D eigenvalue weighted by atomic mass is 16.1. The lowest BCUT2D eigenvalue weighted by atomic mass is 9.99. The molecule has 4 nitrogen and oxygen atoms in total. The smallest absolute Gasteiger partial charge is 0.224 e. The average molecular weight is 305 g/mol. The van der Waals surface area contributed by atoms with Gasteiger partial charge in [0, 0.05) is 30.0 Å². The molecule has 3 aromatic rings. The fourth-order valence-electron chi connectivity index (χ4n) is 2.76. The lowest BCUT2D eigenvalue weighted by Crippen LogP contribution is -2.25. The molecule has 0 aliphatic heterocycles. The second-order valence-electron chi connectivity index (χ2n) is 5.63. The molecule has 116 valence electrons. The number of para-hydroxylation sites is 1. The molecule has 0 unspecified atom stereocenters. The van der Waals surface area contributed by atoms with Gasteiger partial charge in [-0.2, -0.15) is 0 Å². The van der Waals surface area contributed by atoms with Gasteiger partial charge >= 0.3 is 0 Å². The van der Waals surface area contributed by atoms with Gasteiger partial charge in [-0.3, -0.25) is 14.8 Å². The summed E-state index contributed by atoms with van der Waals surface area (Å²) in [5, 5.41) is 4.06. The van der Waals surface area contributed by atoms with Crippen LogP contribution in [0.2, 0.25) is 0 Å². The van der Waals surface area contributed by atoms with Crippen molar-refractivity contribution in [3.05, 3.63) is 71.2 Å². The van der Waals surface area contributed by atoms with Crippen LogP contribution in [-0.4, -0.2) is 15.9 Å². The number of nitrogens with zero attached hydrogens (tertiary/aromatic N) is 2. The number of amides is 1. The van der Waals surface area contributed by atoms with E-state index in [0.717, 1.165) is 33.3 Å². The molecule has 1 aromatic carbocycles. The summed E-state index contributed by atoms with van der Waals surface area (Å²) in [6.45, 7) is 4.54. The maximum Gasteiger partial charge on any atom is 0.224 e. The molecule has 23 heavy (non-hydrogen) atoms. The predicted molar refractivity (Wildman–Crippen MR) is 91.0 cm³/mol. The van der Waals surface area contributed by atoms with Crippen molar-refractivity contribution in [2.24, 2.45) is 0 Å². The van der Waals surface area contributed by atoms with Gasteiger partial charge in [0.05, 0.1) is 11.9 Å². The Morgan fingerprint density at radius 1 is 1.09 bits per heavy atom. The fraction of sp³-hybridized carbons (Fsp3) is 0.211. The minimum absolute atomic E-state index is 0.00472. The van der Waals surface area contributed by atoms with Gasteiger partial charge in [0.2, 0.25) is 5.91 Å². The average Bonchev–Trinajstić information content (AvgIpc) is 2.58. The molecule has 0 saturated heterocycles. The van der Waals surface area contributed by atoms with Crippen molar-refractivity contribution in [1.82, 2.24) is 15.3 Å². The molecular weight excluding hydrogens is 286 g/mol. The van der Waals surface area contributed by atoms with Crippen LogP contribution in [-0.2, 0) is 17.8 Å². The van der Waals surface area contributed by atoms with Crippen molar-refractivity contribution in [2.45, 2.75) is 26.8 Å². The van der Waals surface area contributed by atoms with Gasteiger partial charge in [0.25, 0.3) is 0 Å². The number of nitrogens with one attached hydrogen (secondary N) is 1. The number of fused-ring (bicyclic) bond motifs is 1. The highest BCUT2D eigenvalue weighted by Crippen LogP contribution is 2.22. The van der Waals surface area contributed by atoms with Crippen molar-refractivity contribution >= 4 is 16.8 Å². The molecule has 0 fully saturated rings. The van der Waals surface area contributed by atoms with E-state index in [1.54, 1.807) is 12.4 Å². The zero-order chi connectivity index (χ0) is 16.2. The summed E-state index contributed by atoms with van der Waals surface area (Å²) in [6, 6.07) is 11.8. The van der Waals surface area contributed by atoms with E-state index < -0.39 is 0 Å². The predicted octanol–water partition coefficient (Wildman–Crippen LogP) is 3.11. The third-order valence-corrected chi connectivity index (χ3v) is 4.06. The third-order valence-electron chi connectivity index (χ3n) is 4.06. The van der Waals surface area contributed by atoms with E-state index in [0.29, 0.717) is 13.0 Å². The summed E-state index contributed by atoms with van der Waals surface area (Å²) in [4.78, 5) is 20.9. The summed E-state index contributed by atoms with van der Waals surface area (Å²) in [6.07, 6.45) is 3.80. The zero-order valence-electron chi connectivity index (χ0n) is 13.3. The lowest BCUT2D eigenvalue weighted by molar-refractivity contribution is -0.120. The first-order chi connectivity index (χ1) is 11.1. The molecule has 0 saturated carbocycles.